The molecule has 2 aliphatic rings. The summed E-state index contributed by atoms with van der Waals surface area (Å²) < 4.78 is 13.3. The van der Waals surface area contributed by atoms with Crippen molar-refractivity contribution in [2.24, 2.45) is 5.92 Å². The van der Waals surface area contributed by atoms with Crippen molar-refractivity contribution in [1.29, 1.82) is 5.41 Å². The van der Waals surface area contributed by atoms with Crippen LogP contribution < -0.4 is 0 Å². The number of nitrogens with zero attached hydrogens (tertiary/aromatic N) is 1. The van der Waals surface area contributed by atoms with Crippen molar-refractivity contribution in [3.8, 4) is 0 Å². The van der Waals surface area contributed by atoms with Gasteiger partial charge in [-0.25, -0.2) is 4.39 Å². The first-order chi connectivity index (χ1) is 9.19. The van der Waals surface area contributed by atoms with E-state index >= 15 is 0 Å². The summed E-state index contributed by atoms with van der Waals surface area (Å²) in [6.07, 6.45) is 6.18. The highest BCUT2D eigenvalue weighted by molar-refractivity contribution is 6.00. The first-order valence-electron chi connectivity index (χ1n) is 7.33. The normalized spacial score (nSPS) is 26.6. The van der Waals surface area contributed by atoms with Crippen LogP contribution in [0.15, 0.2) is 18.2 Å². The van der Waals surface area contributed by atoms with Gasteiger partial charge in [0.05, 0.1) is 0 Å². The molecule has 0 radical (unpaired) electrons. The second kappa shape index (κ2) is 4.95. The van der Waals surface area contributed by atoms with Crippen LogP contribution in [0.1, 0.15) is 50.2 Å². The van der Waals surface area contributed by atoms with E-state index in [4.69, 9.17) is 5.41 Å². The Hall–Kier alpha value is -1.38. The zero-order valence-electron chi connectivity index (χ0n) is 11.5. The lowest BCUT2D eigenvalue weighted by atomic mass is 9.84. The summed E-state index contributed by atoms with van der Waals surface area (Å²) in [5.74, 6) is 1.15. The molecule has 1 aromatic rings. The maximum Gasteiger partial charge on any atom is 0.129 e. The second-order valence-electron chi connectivity index (χ2n) is 5.86. The molecule has 0 aromatic heterocycles. The molecule has 3 rings (SSSR count). The minimum atomic E-state index is -0.236. The zero-order chi connectivity index (χ0) is 13.4. The van der Waals surface area contributed by atoms with Crippen LogP contribution in [0, 0.1) is 17.1 Å². The predicted octanol–water partition coefficient (Wildman–Crippen LogP) is 3.94. The van der Waals surface area contributed by atoms with E-state index in [1.807, 2.05) is 6.07 Å². The van der Waals surface area contributed by atoms with E-state index in [2.05, 4.69) is 11.8 Å². The molecule has 0 saturated heterocycles. The minimum absolute atomic E-state index is 0.236. The quantitative estimate of drug-likeness (QED) is 0.857. The maximum absolute atomic E-state index is 13.3. The highest BCUT2D eigenvalue weighted by Crippen LogP contribution is 2.34. The Morgan fingerprint density at radius 1 is 1.26 bits per heavy atom. The number of hydrogen-bond donors (Lipinski definition) is 1. The number of fused-ring (bicyclic) bond motifs is 1. The smallest absolute Gasteiger partial charge is 0.129 e. The number of hydrogen-bond acceptors (Lipinski definition) is 1. The average Bonchev–Trinajstić information content (AvgIpc) is 2.76. The molecule has 1 aliphatic carbocycles. The van der Waals surface area contributed by atoms with Crippen LogP contribution in [0.4, 0.5) is 4.39 Å². The van der Waals surface area contributed by atoms with Crippen LogP contribution in [-0.2, 0) is 6.54 Å². The standard InChI is InChI=1S/C16H21FN2/c1-2-11-3-7-14(8-4-11)19-10-12-5-6-13(17)9-15(12)16(19)18/h5-6,9,11,14,18H,2-4,7-8,10H2,1H3. The molecule has 1 heterocycles. The van der Waals surface area contributed by atoms with E-state index in [9.17, 15) is 4.39 Å². The van der Waals surface area contributed by atoms with Gasteiger partial charge in [0.1, 0.15) is 11.7 Å². The molecule has 1 aromatic carbocycles. The summed E-state index contributed by atoms with van der Waals surface area (Å²) in [5, 5.41) is 8.28. The molecule has 1 fully saturated rings. The number of rotatable bonds is 2. The number of benzene rings is 1. The molecular formula is C16H21FN2. The van der Waals surface area contributed by atoms with Gasteiger partial charge in [0.2, 0.25) is 0 Å². The van der Waals surface area contributed by atoms with Gasteiger partial charge in [-0.2, -0.15) is 0 Å². The first kappa shape index (κ1) is 12.6. The Labute approximate surface area is 114 Å². The Kier molecular flexibility index (Phi) is 3.29. The molecule has 0 bridgehead atoms. The van der Waals surface area contributed by atoms with Crippen molar-refractivity contribution in [2.75, 3.05) is 0 Å². The third-order valence-electron chi connectivity index (χ3n) is 4.79. The van der Waals surface area contributed by atoms with Gasteiger partial charge in [0.25, 0.3) is 0 Å². The van der Waals surface area contributed by atoms with Crippen molar-refractivity contribution in [3.05, 3.63) is 35.1 Å². The maximum atomic E-state index is 13.3. The van der Waals surface area contributed by atoms with Crippen LogP contribution in [0.2, 0.25) is 0 Å². The van der Waals surface area contributed by atoms with Gasteiger partial charge in [0.15, 0.2) is 0 Å². The minimum Gasteiger partial charge on any atom is -0.349 e. The molecule has 0 spiro atoms. The summed E-state index contributed by atoms with van der Waals surface area (Å²) in [6, 6.07) is 5.32. The summed E-state index contributed by atoms with van der Waals surface area (Å²) in [6.45, 7) is 3.05. The predicted molar refractivity (Wildman–Crippen MR) is 74.8 cm³/mol. The van der Waals surface area contributed by atoms with E-state index in [1.165, 1.54) is 44.2 Å². The second-order valence-corrected chi connectivity index (χ2v) is 5.86. The summed E-state index contributed by atoms with van der Waals surface area (Å²) >= 11 is 0. The molecule has 2 nitrogen and oxygen atoms in total. The van der Waals surface area contributed by atoms with Crippen LogP contribution in [0.5, 0.6) is 0 Å². The van der Waals surface area contributed by atoms with Gasteiger partial charge < -0.3 is 4.90 Å². The molecule has 102 valence electrons. The zero-order valence-corrected chi connectivity index (χ0v) is 11.5. The van der Waals surface area contributed by atoms with E-state index < -0.39 is 0 Å². The molecule has 0 atom stereocenters. The monoisotopic (exact) mass is 260 g/mol. The summed E-state index contributed by atoms with van der Waals surface area (Å²) in [4.78, 5) is 2.18. The molecule has 3 heteroatoms. The largest absolute Gasteiger partial charge is 0.349 e. The van der Waals surface area contributed by atoms with Crippen LogP contribution in [0.3, 0.4) is 0 Å². The van der Waals surface area contributed by atoms with Crippen molar-refractivity contribution in [2.45, 2.75) is 51.6 Å². The Bertz CT molecular complexity index is 490. The van der Waals surface area contributed by atoms with E-state index in [0.717, 1.165) is 23.6 Å². The Morgan fingerprint density at radius 2 is 2.00 bits per heavy atom. The lowest BCUT2D eigenvalue weighted by molar-refractivity contribution is 0.203. The molecule has 1 N–H and O–H groups in total. The highest BCUT2D eigenvalue weighted by Gasteiger charge is 2.32. The fourth-order valence-electron chi connectivity index (χ4n) is 3.50. The Morgan fingerprint density at radius 3 is 2.68 bits per heavy atom. The van der Waals surface area contributed by atoms with Gasteiger partial charge in [0, 0.05) is 18.2 Å². The summed E-state index contributed by atoms with van der Waals surface area (Å²) in [5.41, 5.74) is 1.89. The molecule has 19 heavy (non-hydrogen) atoms. The summed E-state index contributed by atoms with van der Waals surface area (Å²) in [7, 11) is 0. The van der Waals surface area contributed by atoms with Gasteiger partial charge in [-0.15, -0.1) is 0 Å². The molecule has 1 aliphatic heterocycles. The first-order valence-corrected chi connectivity index (χ1v) is 7.33. The molecule has 0 unspecified atom stereocenters. The van der Waals surface area contributed by atoms with Gasteiger partial charge >= 0.3 is 0 Å². The van der Waals surface area contributed by atoms with Crippen LogP contribution >= 0.6 is 0 Å². The highest BCUT2D eigenvalue weighted by atomic mass is 19.1. The fraction of sp³-hybridized carbons (Fsp3) is 0.562. The topological polar surface area (TPSA) is 27.1 Å². The number of nitrogens with one attached hydrogen (secondary N) is 1. The average molecular weight is 260 g/mol. The van der Waals surface area contributed by atoms with Crippen molar-refractivity contribution >= 4 is 5.84 Å². The van der Waals surface area contributed by atoms with Gasteiger partial charge in [-0.1, -0.05) is 19.4 Å². The van der Waals surface area contributed by atoms with E-state index in [-0.39, 0.29) is 5.82 Å². The van der Waals surface area contributed by atoms with Crippen LogP contribution in [0.25, 0.3) is 0 Å². The van der Waals surface area contributed by atoms with Crippen LogP contribution in [-0.4, -0.2) is 16.8 Å². The third kappa shape index (κ3) is 2.26. The fourth-order valence-corrected chi connectivity index (χ4v) is 3.50. The lowest BCUT2D eigenvalue weighted by Crippen LogP contribution is -2.38. The molecule has 1 saturated carbocycles. The van der Waals surface area contributed by atoms with Crippen molar-refractivity contribution in [1.82, 2.24) is 4.90 Å². The van der Waals surface area contributed by atoms with Gasteiger partial charge in [-0.3, -0.25) is 5.41 Å². The molecular weight excluding hydrogens is 239 g/mol. The number of halogens is 1. The van der Waals surface area contributed by atoms with Crippen molar-refractivity contribution < 1.29 is 4.39 Å². The number of amidine groups is 1. The Balaban J connectivity index is 1.74. The van der Waals surface area contributed by atoms with Gasteiger partial charge in [-0.05, 0) is 49.3 Å². The third-order valence-corrected chi connectivity index (χ3v) is 4.79. The van der Waals surface area contributed by atoms with E-state index in [1.54, 1.807) is 0 Å². The SMILES string of the molecule is CCC1CCC(N2Cc3ccc(F)cc3C2=N)CC1. The van der Waals surface area contributed by atoms with Crippen molar-refractivity contribution in [3.63, 3.8) is 0 Å². The lowest BCUT2D eigenvalue weighted by Gasteiger charge is -2.35. The molecule has 0 amide bonds. The van der Waals surface area contributed by atoms with E-state index in [0.29, 0.717) is 11.9 Å².